The molecule has 0 aliphatic carbocycles. The molecule has 0 heterocycles. The van der Waals surface area contributed by atoms with Crippen LogP contribution >= 0.6 is 0 Å². The van der Waals surface area contributed by atoms with E-state index in [1.165, 1.54) is 25.2 Å². The van der Waals surface area contributed by atoms with Gasteiger partial charge in [0.2, 0.25) is 21.8 Å². The van der Waals surface area contributed by atoms with E-state index in [1.807, 2.05) is 45.0 Å². The highest BCUT2D eigenvalue weighted by Gasteiger charge is 2.31. The molecular weight excluding hydrogens is 482 g/mol. The van der Waals surface area contributed by atoms with Gasteiger partial charge >= 0.3 is 0 Å². The third kappa shape index (κ3) is 7.61. The zero-order valence-corrected chi connectivity index (χ0v) is 22.9. The minimum absolute atomic E-state index is 0.0653. The molecule has 0 aliphatic rings. The summed E-state index contributed by atoms with van der Waals surface area (Å²) in [6, 6.07) is 11.4. The Morgan fingerprint density at radius 2 is 1.75 bits per heavy atom. The van der Waals surface area contributed by atoms with Crippen molar-refractivity contribution in [2.24, 2.45) is 0 Å². The van der Waals surface area contributed by atoms with Crippen molar-refractivity contribution in [3.63, 3.8) is 0 Å². The highest BCUT2D eigenvalue weighted by molar-refractivity contribution is 7.92. The van der Waals surface area contributed by atoms with Crippen LogP contribution in [0.15, 0.2) is 42.5 Å². The van der Waals surface area contributed by atoms with Gasteiger partial charge in [0.05, 0.1) is 26.2 Å². The van der Waals surface area contributed by atoms with E-state index in [-0.39, 0.29) is 29.9 Å². The van der Waals surface area contributed by atoms with Crippen LogP contribution in [0.3, 0.4) is 0 Å². The van der Waals surface area contributed by atoms with Crippen LogP contribution in [0, 0.1) is 6.92 Å². The van der Waals surface area contributed by atoms with Crippen molar-refractivity contribution in [2.75, 3.05) is 31.3 Å². The summed E-state index contributed by atoms with van der Waals surface area (Å²) in [6.45, 7) is 7.05. The molecule has 9 nitrogen and oxygen atoms in total. The maximum atomic E-state index is 13.7. The molecule has 10 heteroatoms. The lowest BCUT2D eigenvalue weighted by molar-refractivity contribution is -0.139. The fourth-order valence-electron chi connectivity index (χ4n) is 3.64. The van der Waals surface area contributed by atoms with E-state index in [2.05, 4.69) is 5.32 Å². The van der Waals surface area contributed by atoms with E-state index in [1.54, 1.807) is 19.1 Å². The number of nitrogens with one attached hydrogen (secondary N) is 1. The van der Waals surface area contributed by atoms with Gasteiger partial charge in [-0.2, -0.15) is 0 Å². The van der Waals surface area contributed by atoms with Crippen molar-refractivity contribution in [3.8, 4) is 11.5 Å². The molecule has 0 bridgehead atoms. The van der Waals surface area contributed by atoms with E-state index in [9.17, 15) is 18.0 Å². The number of carbonyl (C=O) groups is 2. The number of hydrogen-bond acceptors (Lipinski definition) is 6. The Balaban J connectivity index is 2.48. The van der Waals surface area contributed by atoms with Gasteiger partial charge in [-0.3, -0.25) is 13.9 Å². The normalized spacial score (nSPS) is 12.9. The predicted molar refractivity (Wildman–Crippen MR) is 141 cm³/mol. The summed E-state index contributed by atoms with van der Waals surface area (Å²) in [5, 5.41) is 2.91. The number of benzene rings is 2. The predicted octanol–water partition coefficient (Wildman–Crippen LogP) is 3.11. The van der Waals surface area contributed by atoms with Crippen molar-refractivity contribution in [1.29, 1.82) is 0 Å². The number of nitrogens with zero attached hydrogens (tertiary/aromatic N) is 2. The minimum Gasteiger partial charge on any atom is -0.497 e. The second kappa shape index (κ2) is 12.6. The van der Waals surface area contributed by atoms with Crippen LogP contribution in [0.5, 0.6) is 11.5 Å². The fourth-order valence-corrected chi connectivity index (χ4v) is 4.49. The number of amides is 2. The third-order valence-corrected chi connectivity index (χ3v) is 7.06. The number of methoxy groups -OCH3 is 2. The molecule has 2 rings (SSSR count). The highest BCUT2D eigenvalue weighted by Crippen LogP contribution is 2.34. The van der Waals surface area contributed by atoms with Gasteiger partial charge in [-0.25, -0.2) is 8.42 Å². The lowest BCUT2D eigenvalue weighted by atomic mass is 10.1. The van der Waals surface area contributed by atoms with Gasteiger partial charge < -0.3 is 19.7 Å². The lowest BCUT2D eigenvalue weighted by Crippen LogP contribution is -2.52. The van der Waals surface area contributed by atoms with Gasteiger partial charge in [-0.15, -0.1) is 0 Å². The third-order valence-electron chi connectivity index (χ3n) is 5.94. The molecule has 2 amide bonds. The largest absolute Gasteiger partial charge is 0.497 e. The van der Waals surface area contributed by atoms with Crippen LogP contribution in [0.2, 0.25) is 0 Å². The van der Waals surface area contributed by atoms with Crippen molar-refractivity contribution in [2.45, 2.75) is 52.7 Å². The Kier molecular flexibility index (Phi) is 10.2. The fraction of sp³-hybridized carbons (Fsp3) is 0.462. The number of rotatable bonds is 12. The summed E-state index contributed by atoms with van der Waals surface area (Å²) in [4.78, 5) is 28.1. The maximum absolute atomic E-state index is 13.7. The molecule has 0 saturated heterocycles. The first kappa shape index (κ1) is 29.0. The van der Waals surface area contributed by atoms with Crippen molar-refractivity contribution in [3.05, 3.63) is 53.6 Å². The number of anilines is 1. The molecule has 0 radical (unpaired) electrons. The summed E-state index contributed by atoms with van der Waals surface area (Å²) in [5.74, 6) is -0.166. The molecule has 0 aromatic heterocycles. The first-order valence-corrected chi connectivity index (χ1v) is 13.6. The molecule has 36 heavy (non-hydrogen) atoms. The van der Waals surface area contributed by atoms with Gasteiger partial charge in [0, 0.05) is 18.7 Å². The van der Waals surface area contributed by atoms with Crippen molar-refractivity contribution >= 4 is 27.5 Å². The molecule has 0 fully saturated rings. The average molecular weight is 520 g/mol. The molecule has 2 aromatic rings. The van der Waals surface area contributed by atoms with Crippen LogP contribution in [0.1, 0.15) is 38.3 Å². The Bertz CT molecular complexity index is 1170. The standard InChI is InChI=1S/C26H37N3O6S/c1-8-19(3)27-26(31)20(4)28(16-21-11-9-10-18(2)14-21)25(30)17-29(36(7,32)33)23-15-22(34-5)12-13-24(23)35-6/h9-15,19-20H,8,16-17H2,1-7H3,(H,27,31)/t19-,20+/m1/s1. The molecule has 0 aliphatic heterocycles. The number of aryl methyl sites for hydroxylation is 1. The van der Waals surface area contributed by atoms with Gasteiger partial charge in [-0.05, 0) is 44.9 Å². The summed E-state index contributed by atoms with van der Waals surface area (Å²) in [5.41, 5.74) is 2.01. The van der Waals surface area contributed by atoms with E-state index in [0.29, 0.717) is 5.75 Å². The van der Waals surface area contributed by atoms with E-state index in [4.69, 9.17) is 9.47 Å². The Morgan fingerprint density at radius 3 is 2.31 bits per heavy atom. The van der Waals surface area contributed by atoms with E-state index < -0.39 is 28.5 Å². The van der Waals surface area contributed by atoms with Gasteiger partial charge in [0.25, 0.3) is 0 Å². The Labute approximate surface area is 214 Å². The molecule has 0 spiro atoms. The molecule has 2 aromatic carbocycles. The quantitative estimate of drug-likeness (QED) is 0.462. The first-order valence-electron chi connectivity index (χ1n) is 11.8. The minimum atomic E-state index is -3.90. The van der Waals surface area contributed by atoms with Crippen LogP contribution in [-0.2, 0) is 26.2 Å². The molecule has 1 N–H and O–H groups in total. The van der Waals surface area contributed by atoms with Crippen LogP contribution < -0.4 is 19.1 Å². The first-order chi connectivity index (χ1) is 16.9. The second-order valence-electron chi connectivity index (χ2n) is 8.81. The number of ether oxygens (including phenoxy) is 2. The van der Waals surface area contributed by atoms with Crippen LogP contribution in [0.4, 0.5) is 5.69 Å². The summed E-state index contributed by atoms with van der Waals surface area (Å²) in [7, 11) is -1.03. The van der Waals surface area contributed by atoms with Crippen LogP contribution in [-0.4, -0.2) is 64.2 Å². The number of sulfonamides is 1. The lowest BCUT2D eigenvalue weighted by Gasteiger charge is -2.32. The Morgan fingerprint density at radius 1 is 1.06 bits per heavy atom. The topological polar surface area (TPSA) is 105 Å². The van der Waals surface area contributed by atoms with Gasteiger partial charge in [0.1, 0.15) is 24.1 Å². The number of carbonyl (C=O) groups excluding carboxylic acids is 2. The highest BCUT2D eigenvalue weighted by atomic mass is 32.2. The zero-order chi connectivity index (χ0) is 27.0. The van der Waals surface area contributed by atoms with E-state index in [0.717, 1.165) is 28.1 Å². The maximum Gasteiger partial charge on any atom is 0.244 e. The summed E-state index contributed by atoms with van der Waals surface area (Å²) in [6.07, 6.45) is 1.75. The average Bonchev–Trinajstić information content (AvgIpc) is 2.84. The molecular formula is C26H37N3O6S. The summed E-state index contributed by atoms with van der Waals surface area (Å²) >= 11 is 0. The van der Waals surface area contributed by atoms with Gasteiger partial charge in [-0.1, -0.05) is 36.8 Å². The molecule has 198 valence electrons. The van der Waals surface area contributed by atoms with Crippen molar-refractivity contribution < 1.29 is 27.5 Å². The van der Waals surface area contributed by atoms with Gasteiger partial charge in [0.15, 0.2) is 0 Å². The van der Waals surface area contributed by atoms with E-state index >= 15 is 0 Å². The second-order valence-corrected chi connectivity index (χ2v) is 10.7. The molecule has 0 unspecified atom stereocenters. The monoisotopic (exact) mass is 519 g/mol. The summed E-state index contributed by atoms with van der Waals surface area (Å²) < 4.78 is 37.2. The van der Waals surface area contributed by atoms with Crippen LogP contribution in [0.25, 0.3) is 0 Å². The zero-order valence-electron chi connectivity index (χ0n) is 22.1. The van der Waals surface area contributed by atoms with Crippen molar-refractivity contribution in [1.82, 2.24) is 10.2 Å². The number of hydrogen-bond donors (Lipinski definition) is 1. The molecule has 0 saturated carbocycles. The SMILES string of the molecule is CC[C@@H](C)NC(=O)[C@H](C)N(Cc1cccc(C)c1)C(=O)CN(c1cc(OC)ccc1OC)S(C)(=O)=O. The smallest absolute Gasteiger partial charge is 0.244 e. The molecule has 2 atom stereocenters. The Hall–Kier alpha value is -3.27.